The summed E-state index contributed by atoms with van der Waals surface area (Å²) < 4.78 is 0.831. The van der Waals surface area contributed by atoms with Crippen LogP contribution in [0.5, 0.6) is 0 Å². The summed E-state index contributed by atoms with van der Waals surface area (Å²) in [5, 5.41) is 11.4. The largest absolute Gasteiger partial charge is 0.300 e. The second-order valence-corrected chi connectivity index (χ2v) is 6.58. The van der Waals surface area contributed by atoms with Crippen molar-refractivity contribution in [3.05, 3.63) is 48.6 Å². The number of carbonyl (C=O) groups is 1. The summed E-state index contributed by atoms with van der Waals surface area (Å²) in [5.74, 6) is 0.573. The van der Waals surface area contributed by atoms with Gasteiger partial charge in [-0.15, -0.1) is 16.8 Å². The normalized spacial score (nSPS) is 11.9. The van der Waals surface area contributed by atoms with E-state index in [9.17, 15) is 4.79 Å². The Bertz CT molecular complexity index is 598. The Morgan fingerprint density at radius 2 is 2.19 bits per heavy atom. The fourth-order valence-corrected chi connectivity index (χ4v) is 3.42. The minimum Gasteiger partial charge on any atom is -0.300 e. The molecule has 2 rings (SSSR count). The van der Waals surface area contributed by atoms with Gasteiger partial charge in [0.05, 0.1) is 5.92 Å². The Hall–Kier alpha value is -1.66. The first-order valence-corrected chi connectivity index (χ1v) is 8.47. The van der Waals surface area contributed by atoms with Gasteiger partial charge in [0, 0.05) is 5.75 Å². The number of carbonyl (C=O) groups excluding carboxylic acids is 1. The van der Waals surface area contributed by atoms with Crippen LogP contribution in [0, 0.1) is 0 Å². The van der Waals surface area contributed by atoms with Crippen molar-refractivity contribution in [2.45, 2.75) is 23.6 Å². The van der Waals surface area contributed by atoms with E-state index in [0.29, 0.717) is 5.13 Å². The molecule has 110 valence electrons. The van der Waals surface area contributed by atoms with Gasteiger partial charge in [-0.2, -0.15) is 0 Å². The number of hydrogen-bond donors (Lipinski definition) is 1. The molecular weight excluding hydrogens is 302 g/mol. The molecule has 0 bridgehead atoms. The van der Waals surface area contributed by atoms with Crippen molar-refractivity contribution in [2.24, 2.45) is 0 Å². The van der Waals surface area contributed by atoms with E-state index in [-0.39, 0.29) is 11.8 Å². The van der Waals surface area contributed by atoms with E-state index in [1.165, 1.54) is 11.3 Å². The van der Waals surface area contributed by atoms with Crippen molar-refractivity contribution in [3.63, 3.8) is 0 Å². The van der Waals surface area contributed by atoms with E-state index in [0.717, 1.165) is 22.1 Å². The number of benzene rings is 1. The van der Waals surface area contributed by atoms with Gasteiger partial charge in [-0.05, 0) is 12.0 Å². The van der Waals surface area contributed by atoms with Crippen molar-refractivity contribution < 1.29 is 4.79 Å². The molecule has 0 aliphatic carbocycles. The molecule has 0 radical (unpaired) electrons. The minimum atomic E-state index is -0.167. The molecule has 0 fully saturated rings. The molecule has 0 aliphatic rings. The highest BCUT2D eigenvalue weighted by Crippen LogP contribution is 2.27. The Labute approximate surface area is 132 Å². The number of amides is 1. The molecule has 0 spiro atoms. The van der Waals surface area contributed by atoms with Gasteiger partial charge in [-0.25, -0.2) is 0 Å². The van der Waals surface area contributed by atoms with Crippen LogP contribution in [-0.2, 0) is 4.79 Å². The highest BCUT2D eigenvalue weighted by molar-refractivity contribution is 8.01. The van der Waals surface area contributed by atoms with Gasteiger partial charge in [-0.3, -0.25) is 10.1 Å². The first-order chi connectivity index (χ1) is 10.2. The zero-order chi connectivity index (χ0) is 15.1. The van der Waals surface area contributed by atoms with Crippen LogP contribution >= 0.6 is 23.1 Å². The summed E-state index contributed by atoms with van der Waals surface area (Å²) in [5.41, 5.74) is 1.02. The molecule has 1 N–H and O–H groups in total. The predicted molar refractivity (Wildman–Crippen MR) is 88.9 cm³/mol. The number of thioether (sulfide) groups is 1. The van der Waals surface area contributed by atoms with Gasteiger partial charge in [0.2, 0.25) is 11.0 Å². The standard InChI is InChI=1S/C15H17N3OS2/c1-3-10-20-15-18-17-14(21-15)16-13(19)12(4-2)11-8-6-5-7-9-11/h3,5-9,12H,1,4,10H2,2H3,(H,16,17,19). The molecule has 6 heteroatoms. The lowest BCUT2D eigenvalue weighted by Crippen LogP contribution is -2.20. The molecule has 2 aromatic rings. The molecule has 1 heterocycles. The average Bonchev–Trinajstić information content (AvgIpc) is 2.94. The molecule has 0 saturated heterocycles. The maximum absolute atomic E-state index is 12.4. The second-order valence-electron chi connectivity index (χ2n) is 4.33. The van der Waals surface area contributed by atoms with Crippen molar-refractivity contribution in [1.82, 2.24) is 10.2 Å². The first-order valence-electron chi connectivity index (χ1n) is 6.67. The number of rotatable bonds is 7. The smallest absolute Gasteiger partial charge is 0.233 e. The van der Waals surface area contributed by atoms with E-state index in [1.54, 1.807) is 11.8 Å². The van der Waals surface area contributed by atoms with Crippen LogP contribution < -0.4 is 5.32 Å². The Balaban J connectivity index is 2.02. The Morgan fingerprint density at radius 3 is 2.86 bits per heavy atom. The molecule has 1 amide bonds. The second kappa shape index (κ2) is 7.95. The van der Waals surface area contributed by atoms with E-state index < -0.39 is 0 Å². The van der Waals surface area contributed by atoms with E-state index in [1.807, 2.05) is 43.3 Å². The molecule has 4 nitrogen and oxygen atoms in total. The van der Waals surface area contributed by atoms with Crippen LogP contribution in [0.4, 0.5) is 5.13 Å². The van der Waals surface area contributed by atoms with Gasteiger partial charge in [0.1, 0.15) is 0 Å². The van der Waals surface area contributed by atoms with Gasteiger partial charge >= 0.3 is 0 Å². The van der Waals surface area contributed by atoms with Crippen LogP contribution in [0.3, 0.4) is 0 Å². The zero-order valence-corrected chi connectivity index (χ0v) is 13.4. The maximum Gasteiger partial charge on any atom is 0.233 e. The van der Waals surface area contributed by atoms with Crippen molar-refractivity contribution >= 4 is 34.1 Å². The Morgan fingerprint density at radius 1 is 1.43 bits per heavy atom. The minimum absolute atomic E-state index is 0.0416. The zero-order valence-electron chi connectivity index (χ0n) is 11.8. The summed E-state index contributed by atoms with van der Waals surface area (Å²) in [7, 11) is 0. The highest BCUT2D eigenvalue weighted by atomic mass is 32.2. The van der Waals surface area contributed by atoms with E-state index in [4.69, 9.17) is 0 Å². The van der Waals surface area contributed by atoms with Crippen molar-refractivity contribution in [3.8, 4) is 0 Å². The number of hydrogen-bond acceptors (Lipinski definition) is 5. The lowest BCUT2D eigenvalue weighted by atomic mass is 9.96. The lowest BCUT2D eigenvalue weighted by Gasteiger charge is -2.13. The van der Waals surface area contributed by atoms with Gasteiger partial charge < -0.3 is 0 Å². The number of nitrogens with one attached hydrogen (secondary N) is 1. The summed E-state index contributed by atoms with van der Waals surface area (Å²) in [6.07, 6.45) is 2.56. The molecular formula is C15H17N3OS2. The van der Waals surface area contributed by atoms with Crippen LogP contribution in [0.1, 0.15) is 24.8 Å². The molecule has 1 aromatic carbocycles. The summed E-state index contributed by atoms with van der Waals surface area (Å²) in [6, 6.07) is 9.78. The Kier molecular flexibility index (Phi) is 5.95. The predicted octanol–water partition coefficient (Wildman–Crippen LogP) is 3.95. The SMILES string of the molecule is C=CCSc1nnc(NC(=O)C(CC)c2ccccc2)s1. The van der Waals surface area contributed by atoms with Crippen LogP contribution in [0.2, 0.25) is 0 Å². The number of aromatic nitrogens is 2. The fourth-order valence-electron chi connectivity index (χ4n) is 1.90. The number of nitrogens with zero attached hydrogens (tertiary/aromatic N) is 2. The summed E-state index contributed by atoms with van der Waals surface area (Å²) in [6.45, 7) is 5.67. The molecule has 0 saturated carbocycles. The summed E-state index contributed by atoms with van der Waals surface area (Å²) in [4.78, 5) is 12.4. The maximum atomic E-state index is 12.4. The van der Waals surface area contributed by atoms with Gasteiger partial charge in [-0.1, -0.05) is 66.4 Å². The lowest BCUT2D eigenvalue weighted by molar-refractivity contribution is -0.117. The fraction of sp³-hybridized carbons (Fsp3) is 0.267. The van der Waals surface area contributed by atoms with Crippen LogP contribution in [0.25, 0.3) is 0 Å². The van der Waals surface area contributed by atoms with Gasteiger partial charge in [0.15, 0.2) is 4.34 Å². The number of anilines is 1. The highest BCUT2D eigenvalue weighted by Gasteiger charge is 2.19. The van der Waals surface area contributed by atoms with Crippen molar-refractivity contribution in [1.29, 1.82) is 0 Å². The third-order valence-corrected chi connectivity index (χ3v) is 4.86. The van der Waals surface area contributed by atoms with E-state index in [2.05, 4.69) is 22.1 Å². The summed E-state index contributed by atoms with van der Waals surface area (Å²) >= 11 is 2.94. The molecule has 21 heavy (non-hydrogen) atoms. The first kappa shape index (κ1) is 15.7. The van der Waals surface area contributed by atoms with Gasteiger partial charge in [0.25, 0.3) is 0 Å². The molecule has 1 unspecified atom stereocenters. The van der Waals surface area contributed by atoms with Crippen LogP contribution in [-0.4, -0.2) is 21.9 Å². The van der Waals surface area contributed by atoms with Crippen molar-refractivity contribution in [2.75, 3.05) is 11.1 Å². The topological polar surface area (TPSA) is 54.9 Å². The third-order valence-electron chi connectivity index (χ3n) is 2.89. The monoisotopic (exact) mass is 319 g/mol. The molecule has 1 aromatic heterocycles. The van der Waals surface area contributed by atoms with Crippen LogP contribution in [0.15, 0.2) is 47.3 Å². The molecule has 0 aliphatic heterocycles. The third kappa shape index (κ3) is 4.41. The quantitative estimate of drug-likeness (QED) is 0.477. The van der Waals surface area contributed by atoms with E-state index >= 15 is 0 Å². The molecule has 1 atom stereocenters. The average molecular weight is 319 g/mol.